The summed E-state index contributed by atoms with van der Waals surface area (Å²) in [5, 5.41) is 12.6. The highest BCUT2D eigenvalue weighted by molar-refractivity contribution is 5.96. The zero-order valence-electron chi connectivity index (χ0n) is 18.8. The molecular formula is C24H23N7O3. The molecule has 0 aliphatic rings. The van der Waals surface area contributed by atoms with Crippen molar-refractivity contribution >= 4 is 29.1 Å². The van der Waals surface area contributed by atoms with E-state index in [0.29, 0.717) is 22.6 Å². The summed E-state index contributed by atoms with van der Waals surface area (Å²) < 4.78 is 3.24. The van der Waals surface area contributed by atoms with Crippen molar-refractivity contribution < 1.29 is 14.4 Å². The predicted molar refractivity (Wildman–Crippen MR) is 126 cm³/mol. The summed E-state index contributed by atoms with van der Waals surface area (Å²) >= 11 is 0. The van der Waals surface area contributed by atoms with Crippen molar-refractivity contribution in [3.63, 3.8) is 0 Å². The van der Waals surface area contributed by atoms with Crippen LogP contribution in [0, 0.1) is 0 Å². The molecule has 10 heteroatoms. The fourth-order valence-electron chi connectivity index (χ4n) is 3.46. The van der Waals surface area contributed by atoms with E-state index in [1.54, 1.807) is 66.3 Å². The Morgan fingerprint density at radius 3 is 2.62 bits per heavy atom. The van der Waals surface area contributed by atoms with Crippen LogP contribution >= 0.6 is 0 Å². The van der Waals surface area contributed by atoms with Gasteiger partial charge in [0, 0.05) is 37.6 Å². The molecule has 0 saturated carbocycles. The molecule has 0 aliphatic carbocycles. The normalized spacial score (nSPS) is 10.8. The van der Waals surface area contributed by atoms with Crippen LogP contribution < -0.4 is 5.32 Å². The largest absolute Gasteiger partial charge is 0.347 e. The van der Waals surface area contributed by atoms with Gasteiger partial charge in [-0.25, -0.2) is 9.67 Å². The van der Waals surface area contributed by atoms with Gasteiger partial charge in [0.1, 0.15) is 12.8 Å². The lowest BCUT2D eigenvalue weighted by Gasteiger charge is -2.09. The van der Waals surface area contributed by atoms with E-state index in [1.807, 2.05) is 6.07 Å². The van der Waals surface area contributed by atoms with E-state index in [-0.39, 0.29) is 24.9 Å². The van der Waals surface area contributed by atoms with Gasteiger partial charge in [0.25, 0.3) is 0 Å². The molecule has 0 atom stereocenters. The third-order valence-electron chi connectivity index (χ3n) is 5.27. The zero-order valence-corrected chi connectivity index (χ0v) is 18.8. The maximum Gasteiger partial charge on any atom is 0.243 e. The summed E-state index contributed by atoms with van der Waals surface area (Å²) in [6, 6.07) is 8.80. The lowest BCUT2D eigenvalue weighted by Crippen LogP contribution is -2.26. The number of aromatic nitrogens is 5. The Bertz CT molecular complexity index is 1380. The van der Waals surface area contributed by atoms with Crippen LogP contribution in [0.1, 0.15) is 16.1 Å². The van der Waals surface area contributed by atoms with E-state index < -0.39 is 0 Å². The Labute approximate surface area is 195 Å². The van der Waals surface area contributed by atoms with Gasteiger partial charge in [-0.15, -0.1) is 0 Å². The van der Waals surface area contributed by atoms with Crippen molar-refractivity contribution in [3.8, 4) is 16.8 Å². The lowest BCUT2D eigenvalue weighted by atomic mass is 10.1. The van der Waals surface area contributed by atoms with E-state index in [2.05, 4.69) is 22.0 Å². The van der Waals surface area contributed by atoms with Crippen molar-refractivity contribution in [1.82, 2.24) is 34.8 Å². The summed E-state index contributed by atoms with van der Waals surface area (Å²) in [6.45, 7) is 3.76. The van der Waals surface area contributed by atoms with Gasteiger partial charge in [-0.3, -0.25) is 19.1 Å². The maximum atomic E-state index is 12.1. The number of carbonyl (C=O) groups excluding carboxylic acids is 3. The molecule has 0 radical (unpaired) electrons. The Kier molecular flexibility index (Phi) is 6.30. The van der Waals surface area contributed by atoms with E-state index in [4.69, 9.17) is 5.10 Å². The molecule has 2 amide bonds. The fraction of sp³-hybridized carbons (Fsp3) is 0.167. The van der Waals surface area contributed by atoms with Crippen molar-refractivity contribution in [3.05, 3.63) is 72.8 Å². The molecule has 0 spiro atoms. The minimum Gasteiger partial charge on any atom is -0.347 e. The second-order valence-corrected chi connectivity index (χ2v) is 7.76. The molecule has 4 aromatic rings. The van der Waals surface area contributed by atoms with Gasteiger partial charge in [-0.2, -0.15) is 10.2 Å². The Balaban J connectivity index is 1.82. The van der Waals surface area contributed by atoms with Crippen LogP contribution in [0.3, 0.4) is 0 Å². The summed E-state index contributed by atoms with van der Waals surface area (Å²) in [6.07, 6.45) is 7.11. The number of nitrogens with one attached hydrogen (secondary N) is 1. The number of amides is 2. The van der Waals surface area contributed by atoms with E-state index in [0.717, 1.165) is 22.8 Å². The zero-order chi connectivity index (χ0) is 24.2. The van der Waals surface area contributed by atoms with Crippen LogP contribution in [0.4, 0.5) is 0 Å². The van der Waals surface area contributed by atoms with Crippen molar-refractivity contribution in [2.24, 2.45) is 0 Å². The molecule has 0 bridgehead atoms. The van der Waals surface area contributed by atoms with E-state index in [9.17, 15) is 14.4 Å². The smallest absolute Gasteiger partial charge is 0.243 e. The molecular weight excluding hydrogens is 434 g/mol. The summed E-state index contributed by atoms with van der Waals surface area (Å²) in [5.41, 5.74) is 4.04. The van der Waals surface area contributed by atoms with Gasteiger partial charge in [-0.05, 0) is 42.0 Å². The van der Waals surface area contributed by atoms with E-state index >= 15 is 0 Å². The van der Waals surface area contributed by atoms with Crippen molar-refractivity contribution in [2.45, 2.75) is 13.1 Å². The number of carbonyl (C=O) groups is 3. The number of likely N-dealkylation sites (N-methyl/N-ethyl adjacent to an activating group) is 1. The predicted octanol–water partition coefficient (Wildman–Crippen LogP) is 1.99. The molecule has 0 saturated heterocycles. The molecule has 1 aromatic carbocycles. The first-order valence-corrected chi connectivity index (χ1v) is 10.5. The average Bonchev–Trinajstić information content (AvgIpc) is 3.47. The number of hydrogen-bond donors (Lipinski definition) is 1. The minimum absolute atomic E-state index is 0.0751. The standard InChI is InChI=1S/C24H23N7O3/c1-4-21(33)26-12-20-23-19(17-11-27-30(13-17)14-22(34)29(2)3)9-10-25-24(23)31(28-20)18-7-5-16(15-32)6-8-18/h4-11,13,15H,1,12,14H2,2-3H3,(H,26,33). The van der Waals surface area contributed by atoms with Gasteiger partial charge in [-0.1, -0.05) is 6.58 Å². The third kappa shape index (κ3) is 4.46. The number of fused-ring (bicyclic) bond motifs is 1. The van der Waals surface area contributed by atoms with Crippen molar-refractivity contribution in [2.75, 3.05) is 14.1 Å². The highest BCUT2D eigenvalue weighted by atomic mass is 16.2. The third-order valence-corrected chi connectivity index (χ3v) is 5.27. The quantitative estimate of drug-likeness (QED) is 0.320. The molecule has 10 nitrogen and oxygen atoms in total. The van der Waals surface area contributed by atoms with Gasteiger partial charge in [0.2, 0.25) is 11.8 Å². The number of hydrogen-bond acceptors (Lipinski definition) is 6. The molecule has 3 aromatic heterocycles. The van der Waals surface area contributed by atoms with Gasteiger partial charge >= 0.3 is 0 Å². The number of pyridine rings is 1. The molecule has 0 aliphatic heterocycles. The summed E-state index contributed by atoms with van der Waals surface area (Å²) in [5.74, 6) is -0.396. The number of aldehydes is 1. The maximum absolute atomic E-state index is 12.1. The van der Waals surface area contributed by atoms with Crippen LogP contribution in [0.2, 0.25) is 0 Å². The molecule has 0 fully saturated rings. The van der Waals surface area contributed by atoms with Crippen LogP contribution in [-0.2, 0) is 22.7 Å². The summed E-state index contributed by atoms with van der Waals surface area (Å²) in [7, 11) is 3.39. The number of rotatable bonds is 8. The lowest BCUT2D eigenvalue weighted by molar-refractivity contribution is -0.129. The Morgan fingerprint density at radius 2 is 1.94 bits per heavy atom. The second-order valence-electron chi connectivity index (χ2n) is 7.76. The Hall–Kier alpha value is -4.60. The Morgan fingerprint density at radius 1 is 1.18 bits per heavy atom. The van der Waals surface area contributed by atoms with Crippen molar-refractivity contribution in [1.29, 1.82) is 0 Å². The summed E-state index contributed by atoms with van der Waals surface area (Å²) in [4.78, 5) is 41.0. The first kappa shape index (κ1) is 22.6. The van der Waals surface area contributed by atoms with E-state index in [1.165, 1.54) is 11.0 Å². The first-order chi connectivity index (χ1) is 16.4. The molecule has 34 heavy (non-hydrogen) atoms. The topological polar surface area (TPSA) is 115 Å². The first-order valence-electron chi connectivity index (χ1n) is 10.5. The second kappa shape index (κ2) is 9.49. The van der Waals surface area contributed by atoms with Crippen LogP contribution in [0.25, 0.3) is 27.8 Å². The number of benzene rings is 1. The number of nitrogens with zero attached hydrogens (tertiary/aromatic N) is 6. The highest BCUT2D eigenvalue weighted by Gasteiger charge is 2.19. The average molecular weight is 457 g/mol. The molecule has 4 rings (SSSR count). The molecule has 3 heterocycles. The van der Waals surface area contributed by atoms with Crippen LogP contribution in [0.15, 0.2) is 61.6 Å². The molecule has 0 unspecified atom stereocenters. The van der Waals surface area contributed by atoms with Gasteiger partial charge in [0.05, 0.1) is 29.5 Å². The molecule has 172 valence electrons. The molecule has 1 N–H and O–H groups in total. The van der Waals surface area contributed by atoms with Gasteiger partial charge < -0.3 is 10.2 Å². The highest BCUT2D eigenvalue weighted by Crippen LogP contribution is 2.31. The van der Waals surface area contributed by atoms with Crippen LogP contribution in [0.5, 0.6) is 0 Å². The SMILES string of the molecule is C=CC(=O)NCc1nn(-c2ccc(C=O)cc2)c2nccc(-c3cnn(CC(=O)N(C)C)c3)c12. The fourth-order valence-corrected chi connectivity index (χ4v) is 3.46. The van der Waals surface area contributed by atoms with Crippen LogP contribution in [-0.4, -0.2) is 61.6 Å². The van der Waals surface area contributed by atoms with Gasteiger partial charge in [0.15, 0.2) is 5.65 Å². The minimum atomic E-state index is -0.321. The monoisotopic (exact) mass is 457 g/mol.